The molecule has 0 fully saturated rings. The van der Waals surface area contributed by atoms with E-state index in [9.17, 15) is 2.74 Å². The van der Waals surface area contributed by atoms with Crippen molar-refractivity contribution in [2.45, 2.75) is 0 Å². The average molecular weight is 641 g/mol. The highest BCUT2D eigenvalue weighted by Crippen LogP contribution is 2.44. The van der Waals surface area contributed by atoms with Crippen molar-refractivity contribution in [3.8, 4) is 45.3 Å². The maximum Gasteiger partial charge on any atom is 0.164 e. The predicted octanol–water partition coefficient (Wildman–Crippen LogP) is 12.0. The van der Waals surface area contributed by atoms with E-state index in [2.05, 4.69) is 24.3 Å². The van der Waals surface area contributed by atoms with Crippen molar-refractivity contribution in [3.05, 3.63) is 151 Å². The van der Waals surface area contributed by atoms with Crippen molar-refractivity contribution in [2.24, 2.45) is 0 Å². The molecule has 0 spiro atoms. The van der Waals surface area contributed by atoms with Crippen LogP contribution in [0.25, 0.3) is 98.2 Å². The molecule has 3 heterocycles. The van der Waals surface area contributed by atoms with Gasteiger partial charge in [0, 0.05) is 53.0 Å². The Morgan fingerprint density at radius 2 is 1.23 bits per heavy atom. The zero-order valence-corrected chi connectivity index (χ0v) is 25.7. The third kappa shape index (κ3) is 4.25. The Balaban J connectivity index is 1.30. The van der Waals surface area contributed by atoms with Gasteiger partial charge in [-0.25, -0.2) is 15.0 Å². The maximum atomic E-state index is 9.59. The van der Waals surface area contributed by atoms with Crippen molar-refractivity contribution in [1.82, 2.24) is 15.0 Å². The van der Waals surface area contributed by atoms with Gasteiger partial charge in [0.15, 0.2) is 17.5 Å². The lowest BCUT2D eigenvalue weighted by Gasteiger charge is -2.11. The first-order chi connectivity index (χ1) is 27.5. The van der Waals surface area contributed by atoms with E-state index in [4.69, 9.17) is 29.0 Å². The lowest BCUT2D eigenvalue weighted by Crippen LogP contribution is -2.00. The number of hydrogen-bond donors (Lipinski definition) is 0. The van der Waals surface area contributed by atoms with Gasteiger partial charge in [-0.3, -0.25) is 0 Å². The van der Waals surface area contributed by atoms with Gasteiger partial charge in [-0.2, -0.15) is 0 Å². The standard InChI is InChI=1S/C43H25N3OS/c1-3-11-26(12-4-1)31-22-23-34(38-33-17-9-10-18-37(33)48-40(31)38)43-45-41(28-14-5-2-6-15-28)44-42(46-43)29-20-24-36-35(25-29)32-21-19-27-13-7-8-16-30(27)39(32)47-36/h1-25H/i7D,8D,13D,16D,19D,20D,21D,24D,25D. The number of benzene rings is 7. The summed E-state index contributed by atoms with van der Waals surface area (Å²) in [5.74, 6) is 0.499. The number of fused-ring (bicyclic) bond motifs is 8. The molecule has 4 nitrogen and oxygen atoms in total. The van der Waals surface area contributed by atoms with E-state index < -0.39 is 48.3 Å². The quantitative estimate of drug-likeness (QED) is 0.192. The summed E-state index contributed by atoms with van der Waals surface area (Å²) >= 11 is 1.66. The second-order valence-electron chi connectivity index (χ2n) is 11.3. The monoisotopic (exact) mass is 640 g/mol. The summed E-state index contributed by atoms with van der Waals surface area (Å²) in [5, 5.41) is 1.46. The second kappa shape index (κ2) is 10.7. The Bertz CT molecular complexity index is 3350. The number of aromatic nitrogens is 3. The van der Waals surface area contributed by atoms with Crippen molar-refractivity contribution in [3.63, 3.8) is 0 Å². The molecular formula is C43H25N3OS. The van der Waals surface area contributed by atoms with Gasteiger partial charge in [0.05, 0.1) is 12.3 Å². The summed E-state index contributed by atoms with van der Waals surface area (Å²) in [4.78, 5) is 14.7. The van der Waals surface area contributed by atoms with E-state index in [-0.39, 0.29) is 61.8 Å². The number of thiophene rings is 1. The van der Waals surface area contributed by atoms with E-state index >= 15 is 0 Å². The van der Waals surface area contributed by atoms with Crippen LogP contribution in [0.1, 0.15) is 12.3 Å². The molecule has 0 aliphatic heterocycles. The molecule has 0 unspecified atom stereocenters. The zero-order valence-electron chi connectivity index (χ0n) is 33.9. The summed E-state index contributed by atoms with van der Waals surface area (Å²) in [5.41, 5.74) is 2.94. The van der Waals surface area contributed by atoms with E-state index in [0.717, 1.165) is 31.3 Å². The number of furan rings is 1. The summed E-state index contributed by atoms with van der Waals surface area (Å²) in [6, 6.07) is 27.3. The molecule has 0 bridgehead atoms. The van der Waals surface area contributed by atoms with Crippen LogP contribution in [0.5, 0.6) is 0 Å². The highest BCUT2D eigenvalue weighted by molar-refractivity contribution is 7.26. The van der Waals surface area contributed by atoms with Crippen LogP contribution >= 0.6 is 11.3 Å². The van der Waals surface area contributed by atoms with E-state index in [1.165, 1.54) is 0 Å². The van der Waals surface area contributed by atoms with Gasteiger partial charge in [0.25, 0.3) is 0 Å². The Hall–Kier alpha value is -6.17. The Labute approximate surface area is 292 Å². The van der Waals surface area contributed by atoms with Crippen molar-refractivity contribution >= 4 is 64.2 Å². The fraction of sp³-hybridized carbons (Fsp3) is 0. The largest absolute Gasteiger partial charge is 0.455 e. The molecule has 0 saturated heterocycles. The molecule has 48 heavy (non-hydrogen) atoms. The molecular weight excluding hydrogens is 607 g/mol. The summed E-state index contributed by atoms with van der Waals surface area (Å²) < 4.78 is 87.7. The first kappa shape index (κ1) is 19.5. The first-order valence-corrected chi connectivity index (χ1v) is 16.0. The maximum absolute atomic E-state index is 9.59. The van der Waals surface area contributed by atoms with Crippen molar-refractivity contribution < 1.29 is 16.8 Å². The van der Waals surface area contributed by atoms with Crippen LogP contribution < -0.4 is 0 Å². The van der Waals surface area contributed by atoms with Crippen LogP contribution in [0, 0.1) is 0 Å². The van der Waals surface area contributed by atoms with Gasteiger partial charge < -0.3 is 4.42 Å². The number of hydrogen-bond acceptors (Lipinski definition) is 5. The molecule has 0 aliphatic rings. The molecule has 0 saturated carbocycles. The van der Waals surface area contributed by atoms with Crippen LogP contribution in [0.4, 0.5) is 0 Å². The molecule has 0 amide bonds. The zero-order chi connectivity index (χ0) is 39.4. The molecule has 7 aromatic carbocycles. The summed E-state index contributed by atoms with van der Waals surface area (Å²) in [6.07, 6.45) is 0. The molecule has 224 valence electrons. The third-order valence-electron chi connectivity index (χ3n) is 8.43. The fourth-order valence-corrected chi connectivity index (χ4v) is 7.47. The first-order valence-electron chi connectivity index (χ1n) is 19.7. The van der Waals surface area contributed by atoms with Gasteiger partial charge in [-0.1, -0.05) is 115 Å². The molecule has 0 radical (unpaired) electrons. The fourth-order valence-electron chi connectivity index (χ4n) is 6.21. The SMILES string of the molecule is [2H]c1c(-c2nc(-c3ccccc3)nc(-c3ccc(-c4ccccc4)c4sc5ccccc5c34)n2)c([2H])c2c(oc3c4c([2H])c([2H])c([2H])c([2H])c4c([2H])c([2H])c32)c1[2H]. The smallest absolute Gasteiger partial charge is 0.164 e. The molecule has 3 aromatic heterocycles. The van der Waals surface area contributed by atoms with Crippen LogP contribution in [0.15, 0.2) is 156 Å². The van der Waals surface area contributed by atoms with Crippen LogP contribution in [0.2, 0.25) is 0 Å². The lowest BCUT2D eigenvalue weighted by molar-refractivity contribution is 0.672. The Kier molecular flexibility index (Phi) is 4.34. The summed E-state index contributed by atoms with van der Waals surface area (Å²) in [6.45, 7) is 0. The minimum atomic E-state index is -0.559. The van der Waals surface area contributed by atoms with E-state index in [1.807, 2.05) is 72.8 Å². The molecule has 0 atom stereocenters. The molecule has 10 aromatic rings. The second-order valence-corrected chi connectivity index (χ2v) is 12.3. The number of rotatable bonds is 4. The van der Waals surface area contributed by atoms with Gasteiger partial charge in [0.1, 0.15) is 11.2 Å². The minimum absolute atomic E-state index is 0.0567. The van der Waals surface area contributed by atoms with Gasteiger partial charge in [0.2, 0.25) is 0 Å². The highest BCUT2D eigenvalue weighted by atomic mass is 32.1. The molecule has 5 heteroatoms. The van der Waals surface area contributed by atoms with Crippen molar-refractivity contribution in [2.75, 3.05) is 0 Å². The third-order valence-corrected chi connectivity index (χ3v) is 9.63. The van der Waals surface area contributed by atoms with Gasteiger partial charge in [-0.05, 0) is 52.8 Å². The highest BCUT2D eigenvalue weighted by Gasteiger charge is 2.20. The number of nitrogens with zero attached hydrogens (tertiary/aromatic N) is 3. The Morgan fingerprint density at radius 3 is 2.08 bits per heavy atom. The molecule has 0 N–H and O–H groups in total. The lowest BCUT2D eigenvalue weighted by atomic mass is 9.98. The predicted molar refractivity (Wildman–Crippen MR) is 199 cm³/mol. The molecule has 10 rings (SSSR count). The summed E-state index contributed by atoms with van der Waals surface area (Å²) in [7, 11) is 0. The van der Waals surface area contributed by atoms with Crippen LogP contribution in [0.3, 0.4) is 0 Å². The Morgan fingerprint density at radius 1 is 0.521 bits per heavy atom. The van der Waals surface area contributed by atoms with Crippen LogP contribution in [-0.2, 0) is 0 Å². The minimum Gasteiger partial charge on any atom is -0.455 e. The average Bonchev–Trinajstić information content (AvgIpc) is 3.83. The van der Waals surface area contributed by atoms with Crippen LogP contribution in [-0.4, -0.2) is 15.0 Å². The van der Waals surface area contributed by atoms with Crippen molar-refractivity contribution in [1.29, 1.82) is 0 Å². The normalized spacial score (nSPS) is 14.4. The van der Waals surface area contributed by atoms with E-state index in [1.54, 1.807) is 11.3 Å². The van der Waals surface area contributed by atoms with E-state index in [0.29, 0.717) is 11.1 Å². The topological polar surface area (TPSA) is 51.8 Å². The molecule has 0 aliphatic carbocycles. The van der Waals surface area contributed by atoms with Gasteiger partial charge in [-0.15, -0.1) is 11.3 Å². The van der Waals surface area contributed by atoms with Gasteiger partial charge >= 0.3 is 0 Å².